The van der Waals surface area contributed by atoms with Crippen LogP contribution in [0.15, 0.2) is 12.1 Å². The number of amides is 1. The Hall–Kier alpha value is -0.780. The van der Waals surface area contributed by atoms with Crippen molar-refractivity contribution >= 4 is 34.7 Å². The maximum absolute atomic E-state index is 10.4. The Bertz CT molecular complexity index is 339. The molecule has 0 aromatic heterocycles. The van der Waals surface area contributed by atoms with E-state index in [9.17, 15) is 4.79 Å². The zero-order valence-corrected chi connectivity index (χ0v) is 10.3. The van der Waals surface area contributed by atoms with Gasteiger partial charge >= 0.3 is 0 Å². The molecule has 0 radical (unpaired) electrons. The van der Waals surface area contributed by atoms with Gasteiger partial charge in [-0.1, -0.05) is 28.7 Å². The van der Waals surface area contributed by atoms with Gasteiger partial charge in [0.05, 0.1) is 12.8 Å². The summed E-state index contributed by atoms with van der Waals surface area (Å²) in [5.41, 5.74) is 2.93. The molecule has 0 atom stereocenters. The molecular weight excluding hydrogens is 293 g/mol. The standard InChI is InChI=1S/C10H12INO2/c1-7-9(14-2)4-3-8(5-11)10(7)12-6-13/h3-4,6H,5H2,1-2H3,(H,12,13). The highest BCUT2D eigenvalue weighted by Gasteiger charge is 2.08. The van der Waals surface area contributed by atoms with Crippen molar-refractivity contribution in [3.8, 4) is 5.75 Å². The van der Waals surface area contributed by atoms with E-state index in [1.165, 1.54) is 0 Å². The summed E-state index contributed by atoms with van der Waals surface area (Å²) in [6, 6.07) is 3.88. The number of carbonyl (C=O) groups is 1. The number of rotatable bonds is 4. The minimum atomic E-state index is 0.692. The lowest BCUT2D eigenvalue weighted by Crippen LogP contribution is -2.01. The zero-order chi connectivity index (χ0) is 10.6. The summed E-state index contributed by atoms with van der Waals surface area (Å²) in [6.07, 6.45) is 0.692. The second-order valence-corrected chi connectivity index (χ2v) is 3.59. The summed E-state index contributed by atoms with van der Waals surface area (Å²) in [5.74, 6) is 0.794. The van der Waals surface area contributed by atoms with E-state index >= 15 is 0 Å². The van der Waals surface area contributed by atoms with Crippen LogP contribution in [-0.4, -0.2) is 13.5 Å². The van der Waals surface area contributed by atoms with Crippen molar-refractivity contribution < 1.29 is 9.53 Å². The number of hydrogen-bond donors (Lipinski definition) is 1. The number of methoxy groups -OCH3 is 1. The van der Waals surface area contributed by atoms with E-state index in [4.69, 9.17) is 4.74 Å². The van der Waals surface area contributed by atoms with Gasteiger partial charge in [-0.25, -0.2) is 0 Å². The fourth-order valence-corrected chi connectivity index (χ4v) is 1.98. The molecule has 14 heavy (non-hydrogen) atoms. The fraction of sp³-hybridized carbons (Fsp3) is 0.300. The summed E-state index contributed by atoms with van der Waals surface area (Å²) >= 11 is 2.26. The lowest BCUT2D eigenvalue weighted by molar-refractivity contribution is -0.105. The zero-order valence-electron chi connectivity index (χ0n) is 8.13. The molecule has 0 heterocycles. The van der Waals surface area contributed by atoms with Crippen molar-refractivity contribution in [2.75, 3.05) is 12.4 Å². The predicted octanol–water partition coefficient (Wildman–Crippen LogP) is 2.51. The van der Waals surface area contributed by atoms with E-state index in [1.54, 1.807) is 7.11 Å². The summed E-state index contributed by atoms with van der Waals surface area (Å²) in [4.78, 5) is 10.4. The van der Waals surface area contributed by atoms with Gasteiger partial charge in [-0.3, -0.25) is 4.79 Å². The van der Waals surface area contributed by atoms with Crippen LogP contribution in [0.1, 0.15) is 11.1 Å². The van der Waals surface area contributed by atoms with E-state index in [2.05, 4.69) is 27.9 Å². The highest BCUT2D eigenvalue weighted by atomic mass is 127. The average molecular weight is 305 g/mol. The van der Waals surface area contributed by atoms with Gasteiger partial charge in [-0.15, -0.1) is 0 Å². The van der Waals surface area contributed by atoms with Crippen LogP contribution in [0.25, 0.3) is 0 Å². The molecule has 1 aromatic rings. The van der Waals surface area contributed by atoms with E-state index in [0.29, 0.717) is 6.41 Å². The minimum absolute atomic E-state index is 0.692. The van der Waals surface area contributed by atoms with Gasteiger partial charge in [0.15, 0.2) is 0 Å². The molecule has 1 amide bonds. The van der Waals surface area contributed by atoms with Gasteiger partial charge in [0, 0.05) is 9.99 Å². The SMILES string of the molecule is COc1ccc(CI)c(NC=O)c1C. The van der Waals surface area contributed by atoms with Gasteiger partial charge in [-0.2, -0.15) is 0 Å². The number of halogens is 1. The van der Waals surface area contributed by atoms with Gasteiger partial charge in [0.25, 0.3) is 0 Å². The van der Waals surface area contributed by atoms with Crippen LogP contribution in [0.3, 0.4) is 0 Å². The van der Waals surface area contributed by atoms with Crippen LogP contribution >= 0.6 is 22.6 Å². The van der Waals surface area contributed by atoms with E-state index in [1.807, 2.05) is 19.1 Å². The van der Waals surface area contributed by atoms with Gasteiger partial charge in [0.2, 0.25) is 6.41 Å². The van der Waals surface area contributed by atoms with Crippen molar-refractivity contribution in [3.63, 3.8) is 0 Å². The molecule has 0 fully saturated rings. The van der Waals surface area contributed by atoms with Crippen LogP contribution in [0.5, 0.6) is 5.75 Å². The minimum Gasteiger partial charge on any atom is -0.496 e. The Balaban J connectivity index is 3.23. The molecule has 1 N–H and O–H groups in total. The summed E-state index contributed by atoms with van der Waals surface area (Å²) < 4.78 is 6.03. The van der Waals surface area contributed by atoms with Crippen LogP contribution < -0.4 is 10.1 Å². The first-order chi connectivity index (χ1) is 6.74. The lowest BCUT2D eigenvalue weighted by atomic mass is 10.1. The topological polar surface area (TPSA) is 38.3 Å². The predicted molar refractivity (Wildman–Crippen MR) is 65.1 cm³/mol. The van der Waals surface area contributed by atoms with Gasteiger partial charge < -0.3 is 10.1 Å². The highest BCUT2D eigenvalue weighted by molar-refractivity contribution is 14.1. The maximum Gasteiger partial charge on any atom is 0.211 e. The van der Waals surface area contributed by atoms with Gasteiger partial charge in [0.1, 0.15) is 5.75 Å². The number of ether oxygens (including phenoxy) is 1. The number of hydrogen-bond acceptors (Lipinski definition) is 2. The van der Waals surface area contributed by atoms with Crippen molar-refractivity contribution in [2.24, 2.45) is 0 Å². The molecule has 0 saturated carbocycles. The second-order valence-electron chi connectivity index (χ2n) is 2.82. The molecule has 0 aliphatic heterocycles. The first-order valence-electron chi connectivity index (χ1n) is 4.17. The molecule has 0 aliphatic rings. The number of nitrogens with one attached hydrogen (secondary N) is 1. The first kappa shape index (κ1) is 11.3. The third-order valence-corrected chi connectivity index (χ3v) is 2.89. The Morgan fingerprint density at radius 2 is 2.29 bits per heavy atom. The molecule has 0 spiro atoms. The van der Waals surface area contributed by atoms with Crippen LogP contribution in [0.4, 0.5) is 5.69 Å². The van der Waals surface area contributed by atoms with E-state index in [-0.39, 0.29) is 0 Å². The molecule has 0 aliphatic carbocycles. The fourth-order valence-electron chi connectivity index (χ4n) is 1.34. The first-order valence-corrected chi connectivity index (χ1v) is 5.69. The second kappa shape index (κ2) is 5.19. The Labute approximate surface area is 97.0 Å². The Morgan fingerprint density at radius 3 is 2.79 bits per heavy atom. The molecule has 0 unspecified atom stereocenters. The van der Waals surface area contributed by atoms with E-state index < -0.39 is 0 Å². The van der Waals surface area contributed by atoms with Crippen molar-refractivity contribution in [2.45, 2.75) is 11.4 Å². The summed E-state index contributed by atoms with van der Waals surface area (Å²) in [5, 5.41) is 2.70. The third kappa shape index (κ3) is 2.17. The van der Waals surface area contributed by atoms with Crippen molar-refractivity contribution in [1.82, 2.24) is 0 Å². The number of alkyl halides is 1. The monoisotopic (exact) mass is 305 g/mol. The van der Waals surface area contributed by atoms with Gasteiger partial charge in [-0.05, 0) is 18.6 Å². The van der Waals surface area contributed by atoms with E-state index in [0.717, 1.165) is 27.0 Å². The molecule has 4 heteroatoms. The highest BCUT2D eigenvalue weighted by Crippen LogP contribution is 2.30. The third-order valence-electron chi connectivity index (χ3n) is 2.07. The smallest absolute Gasteiger partial charge is 0.211 e. The number of benzene rings is 1. The molecule has 76 valence electrons. The largest absolute Gasteiger partial charge is 0.496 e. The molecule has 0 bridgehead atoms. The summed E-state index contributed by atoms with van der Waals surface area (Å²) in [6.45, 7) is 1.93. The normalized spacial score (nSPS) is 9.64. The average Bonchev–Trinajstić information content (AvgIpc) is 2.21. The maximum atomic E-state index is 10.4. The van der Waals surface area contributed by atoms with Crippen molar-refractivity contribution in [1.29, 1.82) is 0 Å². The molecule has 1 rings (SSSR count). The van der Waals surface area contributed by atoms with Crippen LogP contribution in [0, 0.1) is 6.92 Å². The molecule has 3 nitrogen and oxygen atoms in total. The quantitative estimate of drug-likeness (QED) is 0.527. The van der Waals surface area contributed by atoms with Crippen LogP contribution in [0.2, 0.25) is 0 Å². The lowest BCUT2D eigenvalue weighted by Gasteiger charge is -2.12. The van der Waals surface area contributed by atoms with Crippen molar-refractivity contribution in [3.05, 3.63) is 23.3 Å². The van der Waals surface area contributed by atoms with Crippen LogP contribution in [-0.2, 0) is 9.22 Å². The number of anilines is 1. The Morgan fingerprint density at radius 1 is 1.57 bits per heavy atom. The number of carbonyl (C=O) groups excluding carboxylic acids is 1. The molecule has 0 saturated heterocycles. The Kier molecular flexibility index (Phi) is 4.19. The summed E-state index contributed by atoms with van der Waals surface area (Å²) in [7, 11) is 1.62. The molecular formula is C10H12INO2. The molecule has 1 aromatic carbocycles.